The van der Waals surface area contributed by atoms with Crippen LogP contribution in [0.2, 0.25) is 5.02 Å². The van der Waals surface area contributed by atoms with Crippen LogP contribution in [-0.2, 0) is 6.54 Å². The van der Waals surface area contributed by atoms with E-state index < -0.39 is 6.04 Å². The molecule has 0 aromatic heterocycles. The Bertz CT molecular complexity index is 607. The van der Waals surface area contributed by atoms with Gasteiger partial charge >= 0.3 is 0 Å². The Hall–Kier alpha value is -1.89. The summed E-state index contributed by atoms with van der Waals surface area (Å²) in [5.41, 5.74) is 1.51. The Morgan fingerprint density at radius 3 is 2.68 bits per heavy atom. The molecule has 0 radical (unpaired) electrons. The molecular weight excluding hydrogens is 263 g/mol. The van der Waals surface area contributed by atoms with Gasteiger partial charge in [0.15, 0.2) is 0 Å². The molecule has 0 amide bonds. The Kier molecular flexibility index (Phi) is 4.51. The highest BCUT2D eigenvalue weighted by molar-refractivity contribution is 6.31. The number of benzene rings is 2. The van der Waals surface area contributed by atoms with Crippen molar-refractivity contribution in [3.8, 4) is 6.07 Å². The van der Waals surface area contributed by atoms with Crippen LogP contribution in [-0.4, -0.2) is 0 Å². The zero-order chi connectivity index (χ0) is 13.7. The molecule has 1 atom stereocenters. The second-order valence-electron chi connectivity index (χ2n) is 4.09. The van der Waals surface area contributed by atoms with Gasteiger partial charge in [-0.25, -0.2) is 4.39 Å². The second-order valence-corrected chi connectivity index (χ2v) is 4.50. The number of halogens is 2. The molecular formula is C15H12ClFN2. The molecule has 0 bridgehead atoms. The van der Waals surface area contributed by atoms with Crippen molar-refractivity contribution in [2.45, 2.75) is 12.6 Å². The lowest BCUT2D eigenvalue weighted by molar-refractivity contribution is 0.604. The summed E-state index contributed by atoms with van der Waals surface area (Å²) in [6.07, 6.45) is 0. The Morgan fingerprint density at radius 2 is 2.00 bits per heavy atom. The molecule has 19 heavy (non-hydrogen) atoms. The van der Waals surface area contributed by atoms with Crippen molar-refractivity contribution >= 4 is 11.6 Å². The van der Waals surface area contributed by atoms with Crippen molar-refractivity contribution in [1.82, 2.24) is 5.32 Å². The Labute approximate surface area is 116 Å². The largest absolute Gasteiger partial charge is 0.294 e. The van der Waals surface area contributed by atoms with Crippen molar-refractivity contribution in [2.24, 2.45) is 0 Å². The van der Waals surface area contributed by atoms with Gasteiger partial charge in [-0.05, 0) is 29.3 Å². The van der Waals surface area contributed by atoms with E-state index in [9.17, 15) is 4.39 Å². The van der Waals surface area contributed by atoms with E-state index in [2.05, 4.69) is 11.4 Å². The predicted octanol–water partition coefficient (Wildman–Crippen LogP) is 3.83. The molecule has 2 aromatic rings. The first-order chi connectivity index (χ1) is 9.20. The van der Waals surface area contributed by atoms with Crippen LogP contribution in [0.5, 0.6) is 0 Å². The van der Waals surface area contributed by atoms with Gasteiger partial charge in [-0.15, -0.1) is 0 Å². The van der Waals surface area contributed by atoms with Gasteiger partial charge in [0.1, 0.15) is 11.9 Å². The molecule has 1 unspecified atom stereocenters. The number of hydrogen-bond acceptors (Lipinski definition) is 2. The minimum absolute atomic E-state index is 0.350. The van der Waals surface area contributed by atoms with Crippen molar-refractivity contribution in [3.05, 3.63) is 70.5 Å². The summed E-state index contributed by atoms with van der Waals surface area (Å²) < 4.78 is 13.1. The van der Waals surface area contributed by atoms with Gasteiger partial charge in [0.25, 0.3) is 0 Å². The zero-order valence-electron chi connectivity index (χ0n) is 10.1. The molecule has 0 aliphatic rings. The quantitative estimate of drug-likeness (QED) is 0.920. The zero-order valence-corrected chi connectivity index (χ0v) is 10.9. The lowest BCUT2D eigenvalue weighted by Gasteiger charge is -2.12. The first-order valence-electron chi connectivity index (χ1n) is 5.82. The second kappa shape index (κ2) is 6.33. The number of nitriles is 1. The van der Waals surface area contributed by atoms with Crippen LogP contribution in [0, 0.1) is 17.1 Å². The molecule has 2 nitrogen and oxygen atoms in total. The fourth-order valence-electron chi connectivity index (χ4n) is 1.78. The topological polar surface area (TPSA) is 35.8 Å². The monoisotopic (exact) mass is 274 g/mol. The van der Waals surface area contributed by atoms with E-state index in [4.69, 9.17) is 16.9 Å². The first-order valence-corrected chi connectivity index (χ1v) is 6.20. The molecule has 1 N–H and O–H groups in total. The van der Waals surface area contributed by atoms with E-state index in [1.807, 2.05) is 18.2 Å². The molecule has 96 valence electrons. The van der Waals surface area contributed by atoms with Crippen LogP contribution in [0.15, 0.2) is 48.5 Å². The molecule has 0 spiro atoms. The highest BCUT2D eigenvalue weighted by atomic mass is 35.5. The van der Waals surface area contributed by atoms with Gasteiger partial charge in [-0.2, -0.15) is 5.26 Å². The lowest BCUT2D eigenvalue weighted by atomic mass is 10.1. The number of nitrogens with one attached hydrogen (secondary N) is 1. The predicted molar refractivity (Wildman–Crippen MR) is 73.0 cm³/mol. The van der Waals surface area contributed by atoms with Crippen molar-refractivity contribution in [2.75, 3.05) is 0 Å². The van der Waals surface area contributed by atoms with Crippen LogP contribution in [0.1, 0.15) is 17.2 Å². The number of hydrogen-bond donors (Lipinski definition) is 1. The van der Waals surface area contributed by atoms with Gasteiger partial charge in [-0.3, -0.25) is 5.32 Å². The average Bonchev–Trinajstić information content (AvgIpc) is 2.41. The van der Waals surface area contributed by atoms with Gasteiger partial charge in [0.2, 0.25) is 0 Å². The molecule has 4 heteroatoms. The van der Waals surface area contributed by atoms with Crippen LogP contribution in [0.25, 0.3) is 0 Å². The van der Waals surface area contributed by atoms with Crippen LogP contribution < -0.4 is 5.32 Å². The molecule has 0 aliphatic heterocycles. The van der Waals surface area contributed by atoms with Gasteiger partial charge in [0, 0.05) is 11.6 Å². The fraction of sp³-hybridized carbons (Fsp3) is 0.133. The van der Waals surface area contributed by atoms with Crippen LogP contribution in [0.3, 0.4) is 0 Å². The minimum atomic E-state index is -0.563. The molecule has 0 saturated heterocycles. The lowest BCUT2D eigenvalue weighted by Crippen LogP contribution is -2.19. The Morgan fingerprint density at radius 1 is 1.21 bits per heavy atom. The van der Waals surface area contributed by atoms with Gasteiger partial charge < -0.3 is 0 Å². The summed E-state index contributed by atoms with van der Waals surface area (Å²) in [7, 11) is 0. The van der Waals surface area contributed by atoms with E-state index in [1.54, 1.807) is 18.2 Å². The SMILES string of the molecule is N#CC(NCc1ccccc1Cl)c1cccc(F)c1. The summed E-state index contributed by atoms with van der Waals surface area (Å²) >= 11 is 6.04. The Balaban J connectivity index is 2.09. The van der Waals surface area contributed by atoms with Crippen molar-refractivity contribution in [3.63, 3.8) is 0 Å². The summed E-state index contributed by atoms with van der Waals surface area (Å²) in [6, 6.07) is 15.0. The normalized spacial score (nSPS) is 11.8. The van der Waals surface area contributed by atoms with Crippen molar-refractivity contribution < 1.29 is 4.39 Å². The third-order valence-corrected chi connectivity index (χ3v) is 3.13. The van der Waals surface area contributed by atoms with Crippen molar-refractivity contribution in [1.29, 1.82) is 5.26 Å². The highest BCUT2D eigenvalue weighted by Gasteiger charge is 2.11. The number of nitrogens with zero attached hydrogens (tertiary/aromatic N) is 1. The number of rotatable bonds is 4. The van der Waals surface area contributed by atoms with E-state index in [-0.39, 0.29) is 5.82 Å². The highest BCUT2D eigenvalue weighted by Crippen LogP contribution is 2.18. The average molecular weight is 275 g/mol. The summed E-state index contributed by atoms with van der Waals surface area (Å²) in [5.74, 6) is -0.350. The van der Waals surface area contributed by atoms with Crippen LogP contribution >= 0.6 is 11.6 Å². The van der Waals surface area contributed by atoms with E-state index in [1.165, 1.54) is 12.1 Å². The standard InChI is InChI=1S/C15H12ClFN2/c16-14-7-2-1-4-12(14)10-19-15(9-18)11-5-3-6-13(17)8-11/h1-8,15,19H,10H2. The maximum Gasteiger partial charge on any atom is 0.123 e. The van der Waals surface area contributed by atoms with Gasteiger partial charge in [-0.1, -0.05) is 41.9 Å². The molecule has 2 rings (SSSR count). The van der Waals surface area contributed by atoms with Crippen LogP contribution in [0.4, 0.5) is 4.39 Å². The first kappa shape index (κ1) is 13.5. The third-order valence-electron chi connectivity index (χ3n) is 2.77. The molecule has 0 heterocycles. The maximum absolute atomic E-state index is 13.1. The fourth-order valence-corrected chi connectivity index (χ4v) is 1.98. The third kappa shape index (κ3) is 3.54. The summed E-state index contributed by atoms with van der Waals surface area (Å²) in [5, 5.41) is 12.9. The molecule has 0 saturated carbocycles. The van der Waals surface area contributed by atoms with E-state index >= 15 is 0 Å². The maximum atomic E-state index is 13.1. The summed E-state index contributed by atoms with van der Waals surface area (Å²) in [4.78, 5) is 0. The minimum Gasteiger partial charge on any atom is -0.294 e. The van der Waals surface area contributed by atoms with E-state index in [0.717, 1.165) is 5.56 Å². The molecule has 0 fully saturated rings. The molecule has 0 aliphatic carbocycles. The summed E-state index contributed by atoms with van der Waals surface area (Å²) in [6.45, 7) is 0.453. The van der Waals surface area contributed by atoms with E-state index in [0.29, 0.717) is 17.1 Å². The van der Waals surface area contributed by atoms with Gasteiger partial charge in [0.05, 0.1) is 6.07 Å². The molecule has 2 aromatic carbocycles. The smallest absolute Gasteiger partial charge is 0.123 e.